The second-order valence-electron chi connectivity index (χ2n) is 7.09. The average Bonchev–Trinajstić information content (AvgIpc) is 3.17. The van der Waals surface area contributed by atoms with Crippen LogP contribution in [-0.2, 0) is 4.79 Å². The lowest BCUT2D eigenvalue weighted by Gasteiger charge is -2.16. The fourth-order valence-electron chi connectivity index (χ4n) is 3.37. The van der Waals surface area contributed by atoms with E-state index in [1.807, 2.05) is 24.3 Å². The molecule has 7 nitrogen and oxygen atoms in total. The first kappa shape index (κ1) is 19.6. The van der Waals surface area contributed by atoms with Crippen LogP contribution in [0.15, 0.2) is 73.1 Å². The molecule has 0 saturated heterocycles. The third-order valence-corrected chi connectivity index (χ3v) is 4.98. The van der Waals surface area contributed by atoms with E-state index in [-0.39, 0.29) is 24.3 Å². The summed E-state index contributed by atoms with van der Waals surface area (Å²) in [6.07, 6.45) is 3.36. The number of pyridine rings is 1. The fourth-order valence-corrected chi connectivity index (χ4v) is 3.37. The van der Waals surface area contributed by atoms with Crippen LogP contribution in [0.5, 0.6) is 5.75 Å². The largest absolute Gasteiger partial charge is 0.491 e. The highest BCUT2D eigenvalue weighted by atomic mass is 16.5. The number of amides is 2. The van der Waals surface area contributed by atoms with Crippen molar-refractivity contribution in [2.45, 2.75) is 18.5 Å². The van der Waals surface area contributed by atoms with Crippen LogP contribution < -0.4 is 21.1 Å². The molecule has 1 aliphatic rings. The highest BCUT2D eigenvalue weighted by Gasteiger charge is 2.25. The van der Waals surface area contributed by atoms with E-state index in [9.17, 15) is 9.59 Å². The highest BCUT2D eigenvalue weighted by Crippen LogP contribution is 2.31. The molecule has 0 fully saturated rings. The summed E-state index contributed by atoms with van der Waals surface area (Å²) in [6.45, 7) is 0.418. The molecule has 2 heterocycles. The third-order valence-electron chi connectivity index (χ3n) is 4.98. The zero-order chi connectivity index (χ0) is 20.9. The van der Waals surface area contributed by atoms with E-state index in [1.165, 1.54) is 0 Å². The second-order valence-corrected chi connectivity index (χ2v) is 7.09. The van der Waals surface area contributed by atoms with Crippen molar-refractivity contribution in [2.24, 2.45) is 5.73 Å². The Morgan fingerprint density at radius 3 is 2.57 bits per heavy atom. The van der Waals surface area contributed by atoms with Gasteiger partial charge in [0, 0.05) is 41.7 Å². The predicted molar refractivity (Wildman–Crippen MR) is 113 cm³/mol. The van der Waals surface area contributed by atoms with Crippen molar-refractivity contribution in [1.29, 1.82) is 0 Å². The maximum absolute atomic E-state index is 12.5. The molecule has 0 aliphatic carbocycles. The number of nitrogens with one attached hydrogen (secondary N) is 2. The second kappa shape index (κ2) is 8.75. The van der Waals surface area contributed by atoms with Gasteiger partial charge in [-0.2, -0.15) is 0 Å². The van der Waals surface area contributed by atoms with Crippen LogP contribution in [-0.4, -0.2) is 23.4 Å². The Morgan fingerprint density at radius 1 is 1.07 bits per heavy atom. The molecule has 0 bridgehead atoms. The fraction of sp³-hybridized carbons (Fsp3) is 0.174. The minimum atomic E-state index is -0.472. The lowest BCUT2D eigenvalue weighted by molar-refractivity contribution is -0.122. The number of fused-ring (bicyclic) bond motifs is 1. The average molecular weight is 402 g/mol. The number of para-hydroxylation sites is 1. The molecule has 0 spiro atoms. The van der Waals surface area contributed by atoms with E-state index >= 15 is 0 Å². The molecule has 7 heteroatoms. The van der Waals surface area contributed by atoms with Crippen molar-refractivity contribution in [3.63, 3.8) is 0 Å². The number of nitrogens with two attached hydrogens (primary N) is 1. The van der Waals surface area contributed by atoms with Crippen molar-refractivity contribution >= 4 is 17.5 Å². The van der Waals surface area contributed by atoms with Gasteiger partial charge in [0.2, 0.25) is 5.91 Å². The number of carbonyl (C=O) groups excluding carboxylic acids is 2. The molecule has 4 N–H and O–H groups in total. The van der Waals surface area contributed by atoms with Gasteiger partial charge in [0.15, 0.2) is 0 Å². The van der Waals surface area contributed by atoms with Gasteiger partial charge in [0.05, 0.1) is 6.04 Å². The lowest BCUT2D eigenvalue weighted by atomic mass is 10.0. The summed E-state index contributed by atoms with van der Waals surface area (Å²) in [4.78, 5) is 28.7. The van der Waals surface area contributed by atoms with Gasteiger partial charge in [-0.05, 0) is 35.9 Å². The Hall–Kier alpha value is -3.71. The molecule has 1 aromatic heterocycles. The molecule has 0 unspecified atom stereocenters. The summed E-state index contributed by atoms with van der Waals surface area (Å²) >= 11 is 0. The Labute approximate surface area is 174 Å². The number of anilines is 1. The zero-order valence-electron chi connectivity index (χ0n) is 16.2. The Morgan fingerprint density at radius 2 is 1.80 bits per heavy atom. The summed E-state index contributed by atoms with van der Waals surface area (Å²) in [5, 5.41) is 5.78. The van der Waals surface area contributed by atoms with Crippen LogP contribution in [0.4, 0.5) is 5.69 Å². The van der Waals surface area contributed by atoms with E-state index in [0.717, 1.165) is 16.9 Å². The molecule has 2 atom stereocenters. The van der Waals surface area contributed by atoms with E-state index in [2.05, 4.69) is 15.6 Å². The predicted octanol–water partition coefficient (Wildman–Crippen LogP) is 2.97. The molecule has 0 saturated carbocycles. The standard InChI is InChI=1S/C23H22N4O3/c24-19(13-22(28)27-20-14-30-21-4-2-1-3-18(20)21)15-5-7-16(8-6-15)23(29)26-17-9-11-25-12-10-17/h1-12,19-20H,13-14,24H2,(H,27,28)(H,25,26,29)/t19-,20-/m1/s1. The summed E-state index contributed by atoms with van der Waals surface area (Å²) in [6, 6.07) is 17.4. The maximum atomic E-state index is 12.5. The monoisotopic (exact) mass is 402 g/mol. The lowest BCUT2D eigenvalue weighted by Crippen LogP contribution is -2.31. The number of benzene rings is 2. The van der Waals surface area contributed by atoms with Gasteiger partial charge in [-0.3, -0.25) is 14.6 Å². The number of hydrogen-bond acceptors (Lipinski definition) is 5. The number of rotatable bonds is 6. The summed E-state index contributed by atoms with van der Waals surface area (Å²) in [5.41, 5.74) is 9.15. The molecule has 152 valence electrons. The minimum Gasteiger partial charge on any atom is -0.491 e. The van der Waals surface area contributed by atoms with Gasteiger partial charge in [0.1, 0.15) is 12.4 Å². The third kappa shape index (κ3) is 4.47. The summed E-state index contributed by atoms with van der Waals surface area (Å²) in [5.74, 6) is 0.430. The van der Waals surface area contributed by atoms with Crippen LogP contribution in [0.3, 0.4) is 0 Å². The Bertz CT molecular complexity index is 1040. The van der Waals surface area contributed by atoms with Crippen LogP contribution in [0.25, 0.3) is 0 Å². The van der Waals surface area contributed by atoms with E-state index < -0.39 is 6.04 Å². The van der Waals surface area contributed by atoms with Gasteiger partial charge >= 0.3 is 0 Å². The highest BCUT2D eigenvalue weighted by molar-refractivity contribution is 6.04. The van der Waals surface area contributed by atoms with Crippen LogP contribution in [0.2, 0.25) is 0 Å². The quantitative estimate of drug-likeness (QED) is 0.588. The summed E-state index contributed by atoms with van der Waals surface area (Å²) < 4.78 is 5.59. The molecule has 30 heavy (non-hydrogen) atoms. The molecule has 1 aliphatic heterocycles. The van der Waals surface area contributed by atoms with E-state index in [0.29, 0.717) is 17.9 Å². The van der Waals surface area contributed by atoms with Crippen molar-refractivity contribution in [2.75, 3.05) is 11.9 Å². The van der Waals surface area contributed by atoms with Crippen molar-refractivity contribution in [3.8, 4) is 5.75 Å². The van der Waals surface area contributed by atoms with Crippen LogP contribution in [0.1, 0.15) is 40.0 Å². The molecule has 4 rings (SSSR count). The number of hydrogen-bond donors (Lipinski definition) is 3. The first-order valence-corrected chi connectivity index (χ1v) is 9.68. The normalized spacial score (nSPS) is 15.6. The van der Waals surface area contributed by atoms with Gasteiger partial charge < -0.3 is 21.1 Å². The molecule has 0 radical (unpaired) electrons. The maximum Gasteiger partial charge on any atom is 0.255 e. The smallest absolute Gasteiger partial charge is 0.255 e. The Kier molecular flexibility index (Phi) is 5.72. The zero-order valence-corrected chi connectivity index (χ0v) is 16.2. The number of ether oxygens (including phenoxy) is 1. The van der Waals surface area contributed by atoms with E-state index in [1.54, 1.807) is 48.8 Å². The summed E-state index contributed by atoms with van der Waals surface area (Å²) in [7, 11) is 0. The van der Waals surface area contributed by atoms with Crippen molar-refractivity contribution in [3.05, 3.63) is 89.7 Å². The molecular weight excluding hydrogens is 380 g/mol. The first-order valence-electron chi connectivity index (χ1n) is 9.68. The minimum absolute atomic E-state index is 0.140. The van der Waals surface area contributed by atoms with Crippen LogP contribution >= 0.6 is 0 Å². The van der Waals surface area contributed by atoms with E-state index in [4.69, 9.17) is 10.5 Å². The van der Waals surface area contributed by atoms with Crippen LogP contribution in [0, 0.1) is 0 Å². The molecule has 2 aromatic carbocycles. The number of nitrogens with zero attached hydrogens (tertiary/aromatic N) is 1. The van der Waals surface area contributed by atoms with Crippen molar-refractivity contribution in [1.82, 2.24) is 10.3 Å². The SMILES string of the molecule is N[C@H](CC(=O)N[C@@H]1COc2ccccc21)c1ccc(C(=O)Nc2ccncc2)cc1. The van der Waals surface area contributed by atoms with Gasteiger partial charge in [0.25, 0.3) is 5.91 Å². The van der Waals surface area contributed by atoms with Gasteiger partial charge in [-0.1, -0.05) is 30.3 Å². The Balaban J connectivity index is 1.33. The topological polar surface area (TPSA) is 106 Å². The number of aromatic nitrogens is 1. The van der Waals surface area contributed by atoms with Crippen molar-refractivity contribution < 1.29 is 14.3 Å². The first-order chi connectivity index (χ1) is 14.6. The molecule has 2 amide bonds. The van der Waals surface area contributed by atoms with Gasteiger partial charge in [-0.15, -0.1) is 0 Å². The molecule has 3 aromatic rings. The number of carbonyl (C=O) groups is 2. The molecular formula is C23H22N4O3. The van der Waals surface area contributed by atoms with Gasteiger partial charge in [-0.25, -0.2) is 0 Å².